The molecule has 0 aliphatic heterocycles. The highest BCUT2D eigenvalue weighted by atomic mass is 19.1. The van der Waals surface area contributed by atoms with Crippen molar-refractivity contribution in [2.24, 2.45) is 0 Å². The van der Waals surface area contributed by atoms with Crippen molar-refractivity contribution in [3.63, 3.8) is 0 Å². The van der Waals surface area contributed by atoms with Gasteiger partial charge in [0, 0.05) is 11.1 Å². The van der Waals surface area contributed by atoms with Crippen molar-refractivity contribution >= 4 is 6.29 Å². The number of aldehydes is 1. The minimum atomic E-state index is -1.13. The fourth-order valence-electron chi connectivity index (χ4n) is 0.965. The number of hydrogen-bond donors (Lipinski definition) is 1. The molecule has 15 heavy (non-hydrogen) atoms. The van der Waals surface area contributed by atoms with Gasteiger partial charge in [0.25, 0.3) is 0 Å². The number of carbonyl (C=O) groups excluding carboxylic acids is 1. The largest absolute Gasteiger partial charge is 0.378 e. The molecular weight excluding hydrogens is 195 g/mol. The van der Waals surface area contributed by atoms with Gasteiger partial charge in [-0.2, -0.15) is 0 Å². The molecular formula is C12H11FO2. The number of benzene rings is 1. The van der Waals surface area contributed by atoms with Crippen molar-refractivity contribution in [1.82, 2.24) is 0 Å². The zero-order chi connectivity index (χ0) is 11.5. The summed E-state index contributed by atoms with van der Waals surface area (Å²) in [6, 6.07) is 3.75. The van der Waals surface area contributed by atoms with Crippen molar-refractivity contribution in [3.8, 4) is 11.8 Å². The Hall–Kier alpha value is -1.66. The third kappa shape index (κ3) is 3.53. The van der Waals surface area contributed by atoms with Crippen molar-refractivity contribution in [2.45, 2.75) is 19.4 Å². The van der Waals surface area contributed by atoms with Crippen LogP contribution in [0.3, 0.4) is 0 Å². The molecule has 1 aromatic rings. The topological polar surface area (TPSA) is 37.3 Å². The van der Waals surface area contributed by atoms with Gasteiger partial charge in [0.1, 0.15) is 11.4 Å². The second-order valence-electron chi connectivity index (χ2n) is 3.66. The molecule has 78 valence electrons. The van der Waals surface area contributed by atoms with Gasteiger partial charge in [-0.1, -0.05) is 11.8 Å². The monoisotopic (exact) mass is 206 g/mol. The highest BCUT2D eigenvalue weighted by Gasteiger charge is 2.07. The van der Waals surface area contributed by atoms with E-state index in [1.54, 1.807) is 0 Å². The summed E-state index contributed by atoms with van der Waals surface area (Å²) in [5, 5.41) is 9.36. The van der Waals surface area contributed by atoms with Crippen LogP contribution in [0.2, 0.25) is 0 Å². The third-order valence-corrected chi connectivity index (χ3v) is 1.64. The molecule has 0 heterocycles. The average Bonchev–Trinajstić information content (AvgIpc) is 2.14. The molecule has 0 amide bonds. The summed E-state index contributed by atoms with van der Waals surface area (Å²) in [5.74, 6) is 4.71. The smallest absolute Gasteiger partial charge is 0.151 e. The lowest BCUT2D eigenvalue weighted by molar-refractivity contribution is 0.112. The first-order valence-corrected chi connectivity index (χ1v) is 4.43. The van der Waals surface area contributed by atoms with Gasteiger partial charge in [-0.25, -0.2) is 4.39 Å². The van der Waals surface area contributed by atoms with Gasteiger partial charge >= 0.3 is 0 Å². The van der Waals surface area contributed by atoms with E-state index >= 15 is 0 Å². The molecule has 1 N–H and O–H groups in total. The van der Waals surface area contributed by atoms with E-state index in [1.807, 2.05) is 0 Å². The summed E-state index contributed by atoms with van der Waals surface area (Å²) in [7, 11) is 0. The summed E-state index contributed by atoms with van der Waals surface area (Å²) in [6.07, 6.45) is 0.539. The molecule has 0 aromatic heterocycles. The Morgan fingerprint density at radius 2 is 2.13 bits per heavy atom. The maximum Gasteiger partial charge on any atom is 0.151 e. The Morgan fingerprint density at radius 1 is 1.47 bits per heavy atom. The van der Waals surface area contributed by atoms with Crippen LogP contribution in [0, 0.1) is 17.7 Å². The van der Waals surface area contributed by atoms with E-state index in [2.05, 4.69) is 11.8 Å². The minimum Gasteiger partial charge on any atom is -0.378 e. The van der Waals surface area contributed by atoms with E-state index in [4.69, 9.17) is 0 Å². The maximum atomic E-state index is 12.8. The predicted molar refractivity (Wildman–Crippen MR) is 55.0 cm³/mol. The number of rotatable bonds is 1. The Bertz CT molecular complexity index is 433. The molecule has 0 aliphatic rings. The van der Waals surface area contributed by atoms with Crippen LogP contribution in [-0.4, -0.2) is 17.0 Å². The van der Waals surface area contributed by atoms with E-state index in [0.29, 0.717) is 11.8 Å². The number of aliphatic hydroxyl groups is 1. The van der Waals surface area contributed by atoms with Crippen molar-refractivity contribution < 1.29 is 14.3 Å². The summed E-state index contributed by atoms with van der Waals surface area (Å²) < 4.78 is 12.8. The van der Waals surface area contributed by atoms with Crippen LogP contribution in [0.1, 0.15) is 29.8 Å². The van der Waals surface area contributed by atoms with Gasteiger partial charge in [0.2, 0.25) is 0 Å². The molecule has 0 unspecified atom stereocenters. The van der Waals surface area contributed by atoms with Crippen molar-refractivity contribution in [1.29, 1.82) is 0 Å². The summed E-state index contributed by atoms with van der Waals surface area (Å²) in [5.41, 5.74) is -0.533. The second kappa shape index (κ2) is 4.24. The molecule has 1 aromatic carbocycles. The summed E-state index contributed by atoms with van der Waals surface area (Å²) in [6.45, 7) is 3.06. The molecule has 0 saturated carbocycles. The average molecular weight is 206 g/mol. The highest BCUT2D eigenvalue weighted by molar-refractivity contribution is 5.79. The first-order valence-electron chi connectivity index (χ1n) is 4.43. The molecule has 1 rings (SSSR count). The highest BCUT2D eigenvalue weighted by Crippen LogP contribution is 2.08. The second-order valence-corrected chi connectivity index (χ2v) is 3.66. The normalized spacial score (nSPS) is 10.4. The van der Waals surface area contributed by atoms with Crippen molar-refractivity contribution in [3.05, 3.63) is 35.1 Å². The molecule has 0 radical (unpaired) electrons. The molecule has 0 saturated heterocycles. The summed E-state index contributed by atoms with van der Waals surface area (Å²) >= 11 is 0. The SMILES string of the molecule is CC(C)(O)C#Cc1ccc(F)cc1C=O. The zero-order valence-corrected chi connectivity index (χ0v) is 8.54. The quantitative estimate of drug-likeness (QED) is 0.561. The predicted octanol–water partition coefficient (Wildman–Crippen LogP) is 1.76. The van der Waals surface area contributed by atoms with Crippen LogP contribution in [-0.2, 0) is 0 Å². The standard InChI is InChI=1S/C12H11FO2/c1-12(2,15)6-5-9-3-4-11(13)7-10(9)8-14/h3-4,7-8,15H,1-2H3. The van der Waals surface area contributed by atoms with Gasteiger partial charge < -0.3 is 5.11 Å². The number of carbonyl (C=O) groups is 1. The zero-order valence-electron chi connectivity index (χ0n) is 8.54. The molecule has 0 bridgehead atoms. The Kier molecular flexibility index (Phi) is 3.23. The number of hydrogen-bond acceptors (Lipinski definition) is 2. The van der Waals surface area contributed by atoms with Crippen LogP contribution in [0.15, 0.2) is 18.2 Å². The fraction of sp³-hybridized carbons (Fsp3) is 0.250. The third-order valence-electron chi connectivity index (χ3n) is 1.64. The Balaban J connectivity index is 3.14. The van der Waals surface area contributed by atoms with Crippen LogP contribution in [0.4, 0.5) is 4.39 Å². The maximum absolute atomic E-state index is 12.8. The molecule has 2 nitrogen and oxygen atoms in total. The fourth-order valence-corrected chi connectivity index (χ4v) is 0.965. The Labute approximate surface area is 87.7 Å². The van der Waals surface area contributed by atoms with Gasteiger partial charge in [-0.15, -0.1) is 0 Å². The molecule has 0 aliphatic carbocycles. The van der Waals surface area contributed by atoms with Crippen LogP contribution in [0.25, 0.3) is 0 Å². The molecule has 0 fully saturated rings. The lowest BCUT2D eigenvalue weighted by atomic mass is 10.1. The van der Waals surface area contributed by atoms with E-state index in [0.717, 1.165) is 6.07 Å². The van der Waals surface area contributed by atoms with E-state index < -0.39 is 11.4 Å². The van der Waals surface area contributed by atoms with Crippen LogP contribution in [0.5, 0.6) is 0 Å². The van der Waals surface area contributed by atoms with Gasteiger partial charge in [0.05, 0.1) is 0 Å². The van der Waals surface area contributed by atoms with Crippen molar-refractivity contribution in [2.75, 3.05) is 0 Å². The first-order chi connectivity index (χ1) is 6.92. The molecule has 0 atom stereocenters. The van der Waals surface area contributed by atoms with E-state index in [-0.39, 0.29) is 5.56 Å². The number of halogens is 1. The Morgan fingerprint density at radius 3 is 2.67 bits per heavy atom. The summed E-state index contributed by atoms with van der Waals surface area (Å²) in [4.78, 5) is 10.6. The van der Waals surface area contributed by atoms with E-state index in [1.165, 1.54) is 26.0 Å². The van der Waals surface area contributed by atoms with Gasteiger partial charge in [-0.3, -0.25) is 4.79 Å². The lowest BCUT2D eigenvalue weighted by Gasteiger charge is -2.06. The first kappa shape index (κ1) is 11.4. The van der Waals surface area contributed by atoms with Crippen LogP contribution >= 0.6 is 0 Å². The molecule has 0 spiro atoms. The van der Waals surface area contributed by atoms with Gasteiger partial charge in [0.15, 0.2) is 6.29 Å². The molecule has 3 heteroatoms. The lowest BCUT2D eigenvalue weighted by Crippen LogP contribution is -2.14. The van der Waals surface area contributed by atoms with E-state index in [9.17, 15) is 14.3 Å². The minimum absolute atomic E-state index is 0.187. The van der Waals surface area contributed by atoms with Crippen LogP contribution < -0.4 is 0 Å². The van der Waals surface area contributed by atoms with Gasteiger partial charge in [-0.05, 0) is 32.0 Å².